The van der Waals surface area contributed by atoms with Crippen molar-refractivity contribution in [2.24, 2.45) is 0 Å². The largest absolute Gasteiger partial charge is 0.390 e. The molecule has 0 unspecified atom stereocenters. The summed E-state index contributed by atoms with van der Waals surface area (Å²) in [4.78, 5) is 0. The molecule has 0 saturated carbocycles. The lowest BCUT2D eigenvalue weighted by Gasteiger charge is -2.36. The van der Waals surface area contributed by atoms with E-state index in [-0.39, 0.29) is 12.2 Å². The van der Waals surface area contributed by atoms with Gasteiger partial charge in [-0.2, -0.15) is 0 Å². The smallest absolute Gasteiger partial charge is 0.186 e. The number of hydrogen-bond acceptors (Lipinski definition) is 4. The Morgan fingerprint density at radius 3 is 2.50 bits per heavy atom. The second kappa shape index (κ2) is 4.18. The molecule has 0 aliphatic carbocycles. The standard InChI is InChI=1S/C8H16O4/c1-5-4-6(9)7(10-2)8(11-3)12-5/h5-9H,4H2,1-3H3/t5-,6+,7+,8-/m0/s1. The molecule has 1 rings (SSSR count). The molecule has 1 aliphatic rings. The van der Waals surface area contributed by atoms with Crippen LogP contribution in [0.5, 0.6) is 0 Å². The van der Waals surface area contributed by atoms with Crippen LogP contribution >= 0.6 is 0 Å². The van der Waals surface area contributed by atoms with E-state index in [1.807, 2.05) is 6.92 Å². The van der Waals surface area contributed by atoms with Crippen molar-refractivity contribution >= 4 is 0 Å². The average molecular weight is 176 g/mol. The van der Waals surface area contributed by atoms with Gasteiger partial charge < -0.3 is 19.3 Å². The molecule has 0 amide bonds. The van der Waals surface area contributed by atoms with Crippen molar-refractivity contribution < 1.29 is 19.3 Å². The SMILES string of the molecule is CO[C@H]1O[C@@H](C)C[C@@H](O)[C@H]1OC. The Kier molecular flexibility index (Phi) is 3.46. The highest BCUT2D eigenvalue weighted by Crippen LogP contribution is 2.22. The maximum Gasteiger partial charge on any atom is 0.186 e. The van der Waals surface area contributed by atoms with Crippen LogP contribution in [0.3, 0.4) is 0 Å². The first kappa shape index (κ1) is 9.92. The van der Waals surface area contributed by atoms with E-state index in [0.717, 1.165) is 0 Å². The first-order chi connectivity index (χ1) is 5.69. The Balaban J connectivity index is 2.56. The molecular formula is C8H16O4. The van der Waals surface area contributed by atoms with Crippen LogP contribution in [0, 0.1) is 0 Å². The fourth-order valence-electron chi connectivity index (χ4n) is 1.48. The number of hydrogen-bond donors (Lipinski definition) is 1. The van der Waals surface area contributed by atoms with Crippen LogP contribution in [0.1, 0.15) is 13.3 Å². The van der Waals surface area contributed by atoms with Gasteiger partial charge in [-0.3, -0.25) is 0 Å². The van der Waals surface area contributed by atoms with Crippen LogP contribution < -0.4 is 0 Å². The van der Waals surface area contributed by atoms with Gasteiger partial charge in [0, 0.05) is 20.6 Å². The first-order valence-electron chi connectivity index (χ1n) is 4.08. The highest BCUT2D eigenvalue weighted by Gasteiger charge is 2.36. The van der Waals surface area contributed by atoms with Gasteiger partial charge in [-0.15, -0.1) is 0 Å². The molecule has 1 aliphatic heterocycles. The van der Waals surface area contributed by atoms with E-state index >= 15 is 0 Å². The third kappa shape index (κ3) is 1.95. The lowest BCUT2D eigenvalue weighted by Crippen LogP contribution is -2.49. The van der Waals surface area contributed by atoms with Gasteiger partial charge in [0.05, 0.1) is 12.2 Å². The molecule has 1 saturated heterocycles. The Labute approximate surface area is 72.4 Å². The third-order valence-electron chi connectivity index (χ3n) is 2.09. The van der Waals surface area contributed by atoms with Crippen LogP contribution in [-0.2, 0) is 14.2 Å². The van der Waals surface area contributed by atoms with Crippen molar-refractivity contribution in [3.8, 4) is 0 Å². The van der Waals surface area contributed by atoms with E-state index in [4.69, 9.17) is 14.2 Å². The molecule has 4 nitrogen and oxygen atoms in total. The molecule has 0 bridgehead atoms. The third-order valence-corrected chi connectivity index (χ3v) is 2.09. The zero-order chi connectivity index (χ0) is 9.14. The maximum absolute atomic E-state index is 9.56. The minimum Gasteiger partial charge on any atom is -0.390 e. The zero-order valence-corrected chi connectivity index (χ0v) is 7.69. The minimum atomic E-state index is -0.497. The topological polar surface area (TPSA) is 47.9 Å². The second-order valence-corrected chi connectivity index (χ2v) is 3.05. The van der Waals surface area contributed by atoms with Gasteiger partial charge >= 0.3 is 0 Å². The number of aliphatic hydroxyl groups is 1. The molecular weight excluding hydrogens is 160 g/mol. The average Bonchev–Trinajstić information content (AvgIpc) is 2.03. The summed E-state index contributed by atoms with van der Waals surface area (Å²) in [5.74, 6) is 0. The molecule has 0 aromatic heterocycles. The van der Waals surface area contributed by atoms with E-state index in [1.165, 1.54) is 0 Å². The van der Waals surface area contributed by atoms with E-state index in [2.05, 4.69) is 0 Å². The van der Waals surface area contributed by atoms with Crippen molar-refractivity contribution in [3.05, 3.63) is 0 Å². The van der Waals surface area contributed by atoms with Gasteiger partial charge in [-0.1, -0.05) is 0 Å². The van der Waals surface area contributed by atoms with Crippen LogP contribution in [0.25, 0.3) is 0 Å². The molecule has 0 spiro atoms. The molecule has 4 atom stereocenters. The van der Waals surface area contributed by atoms with Crippen molar-refractivity contribution in [1.29, 1.82) is 0 Å². The predicted molar refractivity (Wildman–Crippen MR) is 42.8 cm³/mol. The fourth-order valence-corrected chi connectivity index (χ4v) is 1.48. The van der Waals surface area contributed by atoms with Crippen LogP contribution in [0.15, 0.2) is 0 Å². The molecule has 0 radical (unpaired) electrons. The van der Waals surface area contributed by atoms with Gasteiger partial charge in [0.25, 0.3) is 0 Å². The minimum absolute atomic E-state index is 0.0244. The van der Waals surface area contributed by atoms with Gasteiger partial charge in [-0.05, 0) is 6.92 Å². The van der Waals surface area contributed by atoms with Crippen molar-refractivity contribution in [1.82, 2.24) is 0 Å². The second-order valence-electron chi connectivity index (χ2n) is 3.05. The van der Waals surface area contributed by atoms with Crippen molar-refractivity contribution in [2.45, 2.75) is 37.9 Å². The monoisotopic (exact) mass is 176 g/mol. The molecule has 0 aromatic rings. The normalized spacial score (nSPS) is 43.0. The lowest BCUT2D eigenvalue weighted by atomic mass is 10.0. The number of ether oxygens (including phenoxy) is 3. The summed E-state index contributed by atoms with van der Waals surface area (Å²) < 4.78 is 15.5. The zero-order valence-electron chi connectivity index (χ0n) is 7.69. The lowest BCUT2D eigenvalue weighted by molar-refractivity contribution is -0.260. The van der Waals surface area contributed by atoms with Gasteiger partial charge in [0.2, 0.25) is 0 Å². The number of rotatable bonds is 2. The number of aliphatic hydroxyl groups excluding tert-OH is 1. The van der Waals surface area contributed by atoms with Crippen LogP contribution in [0.4, 0.5) is 0 Å². The highest BCUT2D eigenvalue weighted by atomic mass is 16.7. The molecule has 12 heavy (non-hydrogen) atoms. The van der Waals surface area contributed by atoms with Crippen molar-refractivity contribution in [2.75, 3.05) is 14.2 Å². The molecule has 1 fully saturated rings. The summed E-state index contributed by atoms with van der Waals surface area (Å²) in [6.45, 7) is 1.90. The summed E-state index contributed by atoms with van der Waals surface area (Å²) in [5, 5.41) is 9.56. The van der Waals surface area contributed by atoms with Crippen molar-refractivity contribution in [3.63, 3.8) is 0 Å². The Bertz CT molecular complexity index is 139. The van der Waals surface area contributed by atoms with E-state index in [1.54, 1.807) is 14.2 Å². The molecule has 1 heterocycles. The van der Waals surface area contributed by atoms with E-state index in [0.29, 0.717) is 6.42 Å². The quantitative estimate of drug-likeness (QED) is 0.650. The molecule has 72 valence electrons. The fraction of sp³-hybridized carbons (Fsp3) is 1.00. The Morgan fingerprint density at radius 1 is 1.33 bits per heavy atom. The Morgan fingerprint density at radius 2 is 2.00 bits per heavy atom. The summed E-state index contributed by atoms with van der Waals surface area (Å²) in [6.07, 6.45) is -0.696. The summed E-state index contributed by atoms with van der Waals surface area (Å²) >= 11 is 0. The maximum atomic E-state index is 9.56. The molecule has 1 N–H and O–H groups in total. The van der Waals surface area contributed by atoms with E-state index in [9.17, 15) is 5.11 Å². The summed E-state index contributed by atoms with van der Waals surface area (Å²) in [5.41, 5.74) is 0. The summed E-state index contributed by atoms with van der Waals surface area (Å²) in [7, 11) is 3.08. The van der Waals surface area contributed by atoms with E-state index < -0.39 is 12.4 Å². The summed E-state index contributed by atoms with van der Waals surface area (Å²) in [6, 6.07) is 0. The molecule has 0 aromatic carbocycles. The Hall–Kier alpha value is -0.160. The van der Waals surface area contributed by atoms with Crippen LogP contribution in [-0.4, -0.2) is 43.9 Å². The molecule has 4 heteroatoms. The highest BCUT2D eigenvalue weighted by molar-refractivity contribution is 4.80. The van der Waals surface area contributed by atoms with Gasteiger partial charge in [-0.25, -0.2) is 0 Å². The van der Waals surface area contributed by atoms with Gasteiger partial charge in [0.15, 0.2) is 6.29 Å². The number of methoxy groups -OCH3 is 2. The predicted octanol–water partition coefficient (Wildman–Crippen LogP) is 0.144. The van der Waals surface area contributed by atoms with Crippen LogP contribution in [0.2, 0.25) is 0 Å². The van der Waals surface area contributed by atoms with Gasteiger partial charge in [0.1, 0.15) is 6.10 Å². The first-order valence-corrected chi connectivity index (χ1v) is 4.08.